The summed E-state index contributed by atoms with van der Waals surface area (Å²) in [6.45, 7) is 4.33. The lowest BCUT2D eigenvalue weighted by Crippen LogP contribution is -2.35. The standard InChI is InChI=1S/C17H20N2O/c1-12-14(10-7-11-17(12)20-4)19-13(2)18(3)15-8-5-6-9-16(15)19/h5-11,13H,1-4H3/t13-/m1/s1. The summed E-state index contributed by atoms with van der Waals surface area (Å²) in [6.07, 6.45) is 0.290. The molecule has 0 aliphatic carbocycles. The first kappa shape index (κ1) is 12.9. The number of benzene rings is 2. The molecule has 0 saturated carbocycles. The molecule has 0 amide bonds. The molecule has 0 spiro atoms. The Balaban J connectivity index is 2.16. The van der Waals surface area contributed by atoms with Crippen LogP contribution < -0.4 is 14.5 Å². The van der Waals surface area contributed by atoms with Crippen LogP contribution in [0.15, 0.2) is 42.5 Å². The number of methoxy groups -OCH3 is 1. The fourth-order valence-electron chi connectivity index (χ4n) is 2.96. The minimum atomic E-state index is 0.290. The van der Waals surface area contributed by atoms with Crippen LogP contribution >= 0.6 is 0 Å². The molecule has 0 fully saturated rings. The van der Waals surface area contributed by atoms with Gasteiger partial charge in [-0.25, -0.2) is 0 Å². The maximum Gasteiger partial charge on any atom is 0.123 e. The van der Waals surface area contributed by atoms with Crippen LogP contribution in [-0.2, 0) is 0 Å². The SMILES string of the molecule is COc1cccc(N2c3ccccc3N(C)[C@H]2C)c1C. The molecule has 0 bridgehead atoms. The third-order valence-corrected chi connectivity index (χ3v) is 4.19. The molecule has 20 heavy (non-hydrogen) atoms. The number of para-hydroxylation sites is 2. The van der Waals surface area contributed by atoms with E-state index in [1.165, 1.54) is 22.6 Å². The van der Waals surface area contributed by atoms with Crippen molar-refractivity contribution in [1.29, 1.82) is 0 Å². The van der Waals surface area contributed by atoms with Gasteiger partial charge in [-0.1, -0.05) is 18.2 Å². The van der Waals surface area contributed by atoms with E-state index >= 15 is 0 Å². The second kappa shape index (κ2) is 4.75. The summed E-state index contributed by atoms with van der Waals surface area (Å²) in [5.74, 6) is 0.932. The fraction of sp³-hybridized carbons (Fsp3) is 0.294. The highest BCUT2D eigenvalue weighted by molar-refractivity contribution is 5.84. The van der Waals surface area contributed by atoms with Gasteiger partial charge in [-0.3, -0.25) is 0 Å². The van der Waals surface area contributed by atoms with E-state index in [-0.39, 0.29) is 0 Å². The summed E-state index contributed by atoms with van der Waals surface area (Å²) < 4.78 is 5.45. The van der Waals surface area contributed by atoms with E-state index in [0.29, 0.717) is 6.17 Å². The molecular weight excluding hydrogens is 248 g/mol. The van der Waals surface area contributed by atoms with Gasteiger partial charge >= 0.3 is 0 Å². The van der Waals surface area contributed by atoms with Crippen molar-refractivity contribution in [2.75, 3.05) is 24.0 Å². The molecule has 104 valence electrons. The van der Waals surface area contributed by atoms with Gasteiger partial charge in [0, 0.05) is 18.3 Å². The second-order valence-corrected chi connectivity index (χ2v) is 5.21. The number of hydrogen-bond acceptors (Lipinski definition) is 3. The van der Waals surface area contributed by atoms with E-state index < -0.39 is 0 Å². The molecule has 3 nitrogen and oxygen atoms in total. The van der Waals surface area contributed by atoms with Gasteiger partial charge in [0.2, 0.25) is 0 Å². The Morgan fingerprint density at radius 3 is 2.30 bits per heavy atom. The molecule has 3 heteroatoms. The predicted molar refractivity (Wildman–Crippen MR) is 84.2 cm³/mol. The number of rotatable bonds is 2. The zero-order valence-corrected chi connectivity index (χ0v) is 12.4. The van der Waals surface area contributed by atoms with Gasteiger partial charge in [0.1, 0.15) is 11.9 Å². The van der Waals surface area contributed by atoms with Gasteiger partial charge in [-0.05, 0) is 38.1 Å². The highest BCUT2D eigenvalue weighted by Gasteiger charge is 2.32. The average Bonchev–Trinajstić information content (AvgIpc) is 2.72. The number of ether oxygens (including phenoxy) is 1. The summed E-state index contributed by atoms with van der Waals surface area (Å²) in [5.41, 5.74) is 4.89. The molecule has 1 aliphatic heterocycles. The van der Waals surface area contributed by atoms with Crippen LogP contribution in [0.3, 0.4) is 0 Å². The molecule has 0 N–H and O–H groups in total. The number of hydrogen-bond donors (Lipinski definition) is 0. The Hall–Kier alpha value is -2.16. The summed E-state index contributed by atoms with van der Waals surface area (Å²) in [5, 5.41) is 0. The third kappa shape index (κ3) is 1.73. The monoisotopic (exact) mass is 268 g/mol. The lowest BCUT2D eigenvalue weighted by atomic mass is 10.1. The van der Waals surface area contributed by atoms with Gasteiger partial charge < -0.3 is 14.5 Å². The minimum absolute atomic E-state index is 0.290. The van der Waals surface area contributed by atoms with Crippen molar-refractivity contribution < 1.29 is 4.74 Å². The normalized spacial score (nSPS) is 17.3. The maximum absolute atomic E-state index is 5.45. The number of fused-ring (bicyclic) bond motifs is 1. The lowest BCUT2D eigenvalue weighted by Gasteiger charge is -2.29. The number of nitrogens with zero attached hydrogens (tertiary/aromatic N) is 2. The summed E-state index contributed by atoms with van der Waals surface area (Å²) in [7, 11) is 3.86. The molecule has 2 aromatic rings. The minimum Gasteiger partial charge on any atom is -0.496 e. The molecule has 0 saturated heterocycles. The second-order valence-electron chi connectivity index (χ2n) is 5.21. The number of anilines is 3. The van der Waals surface area contributed by atoms with Crippen LogP contribution in [0.25, 0.3) is 0 Å². The zero-order chi connectivity index (χ0) is 14.3. The Kier molecular flexibility index (Phi) is 3.05. The molecule has 2 aromatic carbocycles. The highest BCUT2D eigenvalue weighted by atomic mass is 16.5. The molecule has 1 heterocycles. The van der Waals surface area contributed by atoms with E-state index in [1.54, 1.807) is 7.11 Å². The first-order valence-corrected chi connectivity index (χ1v) is 6.90. The van der Waals surface area contributed by atoms with E-state index in [4.69, 9.17) is 4.74 Å². The van der Waals surface area contributed by atoms with Gasteiger partial charge in [-0.15, -0.1) is 0 Å². The zero-order valence-electron chi connectivity index (χ0n) is 12.4. The first-order chi connectivity index (χ1) is 9.65. The fourth-order valence-corrected chi connectivity index (χ4v) is 2.96. The van der Waals surface area contributed by atoms with Crippen molar-refractivity contribution in [3.05, 3.63) is 48.0 Å². The average molecular weight is 268 g/mol. The maximum atomic E-state index is 5.45. The molecule has 0 radical (unpaired) electrons. The molecule has 0 unspecified atom stereocenters. The smallest absolute Gasteiger partial charge is 0.123 e. The van der Waals surface area contributed by atoms with E-state index in [1.807, 2.05) is 6.07 Å². The van der Waals surface area contributed by atoms with Crippen molar-refractivity contribution >= 4 is 17.1 Å². The van der Waals surface area contributed by atoms with Crippen LogP contribution in [0.5, 0.6) is 5.75 Å². The summed E-state index contributed by atoms with van der Waals surface area (Å²) >= 11 is 0. The van der Waals surface area contributed by atoms with Gasteiger partial charge in [-0.2, -0.15) is 0 Å². The molecule has 1 atom stereocenters. The molecule has 3 rings (SSSR count). The quantitative estimate of drug-likeness (QED) is 0.820. The van der Waals surface area contributed by atoms with Gasteiger partial charge in [0.25, 0.3) is 0 Å². The van der Waals surface area contributed by atoms with Crippen molar-refractivity contribution in [1.82, 2.24) is 0 Å². The molecule has 0 aromatic heterocycles. The van der Waals surface area contributed by atoms with E-state index in [9.17, 15) is 0 Å². The molecule has 1 aliphatic rings. The Morgan fingerprint density at radius 1 is 0.950 bits per heavy atom. The van der Waals surface area contributed by atoms with E-state index in [0.717, 1.165) is 5.75 Å². The van der Waals surface area contributed by atoms with Crippen molar-refractivity contribution in [2.24, 2.45) is 0 Å². The Morgan fingerprint density at radius 2 is 1.60 bits per heavy atom. The van der Waals surface area contributed by atoms with Crippen molar-refractivity contribution in [3.63, 3.8) is 0 Å². The van der Waals surface area contributed by atoms with Crippen molar-refractivity contribution in [3.8, 4) is 5.75 Å². The summed E-state index contributed by atoms with van der Waals surface area (Å²) in [6, 6.07) is 14.7. The van der Waals surface area contributed by atoms with E-state index in [2.05, 4.69) is 67.1 Å². The van der Waals surface area contributed by atoms with Crippen LogP contribution in [-0.4, -0.2) is 20.3 Å². The Labute approximate surface area is 120 Å². The van der Waals surface area contributed by atoms with Crippen molar-refractivity contribution in [2.45, 2.75) is 20.0 Å². The first-order valence-electron chi connectivity index (χ1n) is 6.90. The van der Waals surface area contributed by atoms with Crippen LogP contribution in [0.2, 0.25) is 0 Å². The van der Waals surface area contributed by atoms with Crippen LogP contribution in [0.4, 0.5) is 17.1 Å². The highest BCUT2D eigenvalue weighted by Crippen LogP contribution is 2.45. The van der Waals surface area contributed by atoms with Gasteiger partial charge in [0.15, 0.2) is 0 Å². The van der Waals surface area contributed by atoms with Crippen LogP contribution in [0, 0.1) is 6.92 Å². The predicted octanol–water partition coefficient (Wildman–Crippen LogP) is 3.94. The summed E-state index contributed by atoms with van der Waals surface area (Å²) in [4.78, 5) is 4.67. The molecular formula is C17H20N2O. The van der Waals surface area contributed by atoms with Gasteiger partial charge in [0.05, 0.1) is 18.5 Å². The Bertz CT molecular complexity index is 639. The lowest BCUT2D eigenvalue weighted by molar-refractivity contribution is 0.411. The largest absolute Gasteiger partial charge is 0.496 e. The topological polar surface area (TPSA) is 15.7 Å². The third-order valence-electron chi connectivity index (χ3n) is 4.19. The van der Waals surface area contributed by atoms with Crippen LogP contribution in [0.1, 0.15) is 12.5 Å².